The number of hydrogen-bond donors (Lipinski definition) is 0. The average Bonchev–Trinajstić information content (AvgIpc) is 2.53. The number of aryl methyl sites for hydroxylation is 4. The fourth-order valence-corrected chi connectivity index (χ4v) is 3.98. The summed E-state index contributed by atoms with van der Waals surface area (Å²) in [5.74, 6) is 0. The lowest BCUT2D eigenvalue weighted by atomic mass is 9.85. The van der Waals surface area contributed by atoms with Gasteiger partial charge in [0, 0.05) is 0 Å². The van der Waals surface area contributed by atoms with E-state index in [0.29, 0.717) is 0 Å². The summed E-state index contributed by atoms with van der Waals surface area (Å²) in [4.78, 5) is 0. The molecule has 0 heterocycles. The van der Waals surface area contributed by atoms with Gasteiger partial charge in [0.05, 0.1) is 0 Å². The van der Waals surface area contributed by atoms with Crippen molar-refractivity contribution in [3.63, 3.8) is 0 Å². The van der Waals surface area contributed by atoms with E-state index in [0.717, 1.165) is 25.7 Å². The van der Waals surface area contributed by atoms with Crippen molar-refractivity contribution in [1.29, 1.82) is 0 Å². The van der Waals surface area contributed by atoms with Gasteiger partial charge >= 0.3 is 0 Å². The van der Waals surface area contributed by atoms with Crippen LogP contribution in [-0.2, 0) is 25.7 Å². The van der Waals surface area contributed by atoms with Crippen molar-refractivity contribution in [3.05, 3.63) is 81.9 Å². The van der Waals surface area contributed by atoms with Crippen LogP contribution in [0.1, 0.15) is 33.4 Å². The molecule has 4 bridgehead atoms. The first-order chi connectivity index (χ1) is 10.7. The van der Waals surface area contributed by atoms with Gasteiger partial charge in [-0.1, -0.05) is 48.5 Å². The van der Waals surface area contributed by atoms with E-state index in [-0.39, 0.29) is 0 Å². The molecule has 0 saturated heterocycles. The predicted octanol–water partition coefficient (Wildman–Crippen LogP) is 5.34. The van der Waals surface area contributed by atoms with Gasteiger partial charge in [-0.25, -0.2) is 0 Å². The van der Waals surface area contributed by atoms with Gasteiger partial charge in [0.2, 0.25) is 0 Å². The third-order valence-electron chi connectivity index (χ3n) is 5.42. The Balaban J connectivity index is 1.92. The van der Waals surface area contributed by atoms with E-state index in [1.165, 1.54) is 38.6 Å². The summed E-state index contributed by atoms with van der Waals surface area (Å²) in [6.07, 6.45) is 4.59. The fourth-order valence-electron chi connectivity index (χ4n) is 3.98. The van der Waals surface area contributed by atoms with Gasteiger partial charge in [0.15, 0.2) is 0 Å². The molecule has 0 saturated carbocycles. The van der Waals surface area contributed by atoms with E-state index >= 15 is 0 Å². The molecule has 0 aromatic heterocycles. The van der Waals surface area contributed by atoms with Gasteiger partial charge in [0.1, 0.15) is 0 Å². The normalized spacial score (nSPS) is 14.1. The van der Waals surface area contributed by atoms with Crippen molar-refractivity contribution >= 4 is 10.8 Å². The van der Waals surface area contributed by atoms with E-state index in [9.17, 15) is 0 Å². The van der Waals surface area contributed by atoms with Crippen LogP contribution in [0.5, 0.6) is 0 Å². The van der Waals surface area contributed by atoms with E-state index in [1.54, 1.807) is 5.56 Å². The second-order valence-corrected chi connectivity index (χ2v) is 6.56. The van der Waals surface area contributed by atoms with Gasteiger partial charge in [0.25, 0.3) is 0 Å². The van der Waals surface area contributed by atoms with Crippen molar-refractivity contribution < 1.29 is 0 Å². The first-order valence-electron chi connectivity index (χ1n) is 8.31. The standard InChI is InChI=1S/C22H22/c1-15-17-7-5-8-18(15)12-13-21-16(2)19(11-10-17)14-20-6-3-4-9-22(20)21/h3-9,14H,10-13H2,1-2H3. The number of rotatable bonds is 0. The third kappa shape index (κ3) is 2.14. The highest BCUT2D eigenvalue weighted by molar-refractivity contribution is 5.88. The van der Waals surface area contributed by atoms with Crippen LogP contribution in [0, 0.1) is 13.8 Å². The van der Waals surface area contributed by atoms with Crippen LogP contribution in [0.3, 0.4) is 0 Å². The van der Waals surface area contributed by atoms with E-state index < -0.39 is 0 Å². The van der Waals surface area contributed by atoms with E-state index in [1.807, 2.05) is 0 Å². The Hall–Kier alpha value is -2.08. The fraction of sp³-hybridized carbons (Fsp3) is 0.273. The molecule has 3 aromatic carbocycles. The highest BCUT2D eigenvalue weighted by Gasteiger charge is 2.14. The maximum atomic E-state index is 2.41. The largest absolute Gasteiger partial charge is 0.0617 e. The molecule has 0 fully saturated rings. The zero-order valence-corrected chi connectivity index (χ0v) is 13.4. The summed E-state index contributed by atoms with van der Waals surface area (Å²) >= 11 is 0. The third-order valence-corrected chi connectivity index (χ3v) is 5.42. The Bertz CT molecular complexity index is 855. The van der Waals surface area contributed by atoms with Crippen LogP contribution in [0.2, 0.25) is 0 Å². The summed E-state index contributed by atoms with van der Waals surface area (Å²) in [7, 11) is 0. The van der Waals surface area contributed by atoms with Gasteiger partial charge in [-0.05, 0) is 83.7 Å². The Morgan fingerprint density at radius 1 is 0.636 bits per heavy atom. The van der Waals surface area contributed by atoms with Crippen LogP contribution in [0.4, 0.5) is 0 Å². The molecule has 0 heteroatoms. The van der Waals surface area contributed by atoms with Crippen molar-refractivity contribution in [2.24, 2.45) is 0 Å². The number of fused-ring (bicyclic) bond motifs is 6. The second kappa shape index (κ2) is 5.28. The van der Waals surface area contributed by atoms with Crippen molar-refractivity contribution in [1.82, 2.24) is 0 Å². The molecule has 22 heavy (non-hydrogen) atoms. The maximum absolute atomic E-state index is 2.41. The number of benzene rings is 3. The molecule has 0 aliphatic heterocycles. The Morgan fingerprint density at radius 3 is 2.14 bits per heavy atom. The van der Waals surface area contributed by atoms with Crippen molar-refractivity contribution in [2.45, 2.75) is 39.5 Å². The molecule has 1 aliphatic carbocycles. The smallest absolute Gasteiger partial charge is 0.0149 e. The summed E-state index contributed by atoms with van der Waals surface area (Å²) < 4.78 is 0. The van der Waals surface area contributed by atoms with Gasteiger partial charge < -0.3 is 0 Å². The van der Waals surface area contributed by atoms with Crippen LogP contribution in [-0.4, -0.2) is 0 Å². The van der Waals surface area contributed by atoms with Gasteiger partial charge in [-0.15, -0.1) is 0 Å². The second-order valence-electron chi connectivity index (χ2n) is 6.56. The topological polar surface area (TPSA) is 0 Å². The lowest BCUT2D eigenvalue weighted by molar-refractivity contribution is 0.881. The maximum Gasteiger partial charge on any atom is -0.0149 e. The first-order valence-corrected chi connectivity index (χ1v) is 8.31. The van der Waals surface area contributed by atoms with Crippen LogP contribution >= 0.6 is 0 Å². The zero-order chi connectivity index (χ0) is 15.1. The molecule has 0 N–H and O–H groups in total. The number of hydrogen-bond acceptors (Lipinski definition) is 0. The molecule has 0 atom stereocenters. The monoisotopic (exact) mass is 286 g/mol. The van der Waals surface area contributed by atoms with Gasteiger partial charge in [-0.2, -0.15) is 0 Å². The minimum atomic E-state index is 1.14. The van der Waals surface area contributed by atoms with Crippen molar-refractivity contribution in [2.75, 3.05) is 0 Å². The van der Waals surface area contributed by atoms with E-state index in [4.69, 9.17) is 0 Å². The van der Waals surface area contributed by atoms with Crippen LogP contribution in [0.15, 0.2) is 48.5 Å². The molecular weight excluding hydrogens is 264 g/mol. The quantitative estimate of drug-likeness (QED) is 0.523. The molecule has 3 aromatic rings. The highest BCUT2D eigenvalue weighted by atomic mass is 14.2. The minimum absolute atomic E-state index is 1.14. The lowest BCUT2D eigenvalue weighted by Gasteiger charge is -2.19. The summed E-state index contributed by atoms with van der Waals surface area (Å²) in [6.45, 7) is 4.62. The lowest BCUT2D eigenvalue weighted by Crippen LogP contribution is -2.06. The molecular formula is C22H22. The molecule has 0 radical (unpaired) electrons. The summed E-state index contributed by atoms with van der Waals surface area (Å²) in [5.41, 5.74) is 9.15. The first kappa shape index (κ1) is 13.6. The molecule has 0 nitrogen and oxygen atoms in total. The summed E-state index contributed by atoms with van der Waals surface area (Å²) in [5, 5.41) is 2.84. The highest BCUT2D eigenvalue weighted by Crippen LogP contribution is 2.30. The van der Waals surface area contributed by atoms with Gasteiger partial charge in [-0.3, -0.25) is 0 Å². The Morgan fingerprint density at radius 2 is 1.32 bits per heavy atom. The molecule has 4 rings (SSSR count). The van der Waals surface area contributed by atoms with E-state index in [2.05, 4.69) is 62.4 Å². The molecule has 0 amide bonds. The molecule has 0 unspecified atom stereocenters. The van der Waals surface area contributed by atoms with Crippen LogP contribution in [0.25, 0.3) is 10.8 Å². The summed E-state index contributed by atoms with van der Waals surface area (Å²) in [6, 6.07) is 18.1. The zero-order valence-electron chi connectivity index (χ0n) is 13.4. The molecule has 1 aliphatic rings. The van der Waals surface area contributed by atoms with Crippen LogP contribution < -0.4 is 0 Å². The molecule has 0 spiro atoms. The Labute approximate surface area is 132 Å². The molecule has 110 valence electrons. The average molecular weight is 286 g/mol. The SMILES string of the molecule is Cc1c2cccc1CCc1c(C)c(cc3ccccc13)CC2. The Kier molecular flexibility index (Phi) is 3.26. The minimum Gasteiger partial charge on any atom is -0.0617 e. The van der Waals surface area contributed by atoms with Crippen molar-refractivity contribution in [3.8, 4) is 0 Å². The predicted molar refractivity (Wildman–Crippen MR) is 94.7 cm³/mol.